The molecule has 0 bridgehead atoms. The number of hydrogen-bond donors (Lipinski definition) is 1. The summed E-state index contributed by atoms with van der Waals surface area (Å²) >= 11 is 1.74. The number of hydrogen-bond acceptors (Lipinski definition) is 3. The average Bonchev–Trinajstić information content (AvgIpc) is 2.17. The number of amides is 2. The highest BCUT2D eigenvalue weighted by molar-refractivity contribution is 7.98. The summed E-state index contributed by atoms with van der Waals surface area (Å²) in [7, 11) is 3.43. The number of urea groups is 1. The second-order valence-corrected chi connectivity index (χ2v) is 4.05. The number of nitrogens with one attached hydrogen (secondary N) is 1. The van der Waals surface area contributed by atoms with E-state index in [1.807, 2.05) is 20.2 Å². The minimum atomic E-state index is -0.0383. The lowest BCUT2D eigenvalue weighted by Crippen LogP contribution is -2.44. The Labute approximate surface area is 90.4 Å². The molecule has 0 aromatic rings. The van der Waals surface area contributed by atoms with Crippen LogP contribution in [-0.2, 0) is 4.74 Å². The van der Waals surface area contributed by atoms with E-state index in [1.54, 1.807) is 23.8 Å². The van der Waals surface area contributed by atoms with Gasteiger partial charge in [-0.25, -0.2) is 4.79 Å². The van der Waals surface area contributed by atoms with Crippen LogP contribution in [0.5, 0.6) is 0 Å². The number of methoxy groups -OCH3 is 1. The minimum absolute atomic E-state index is 0.0383. The van der Waals surface area contributed by atoms with Crippen LogP contribution in [0.15, 0.2) is 0 Å². The van der Waals surface area contributed by atoms with Crippen molar-refractivity contribution in [2.75, 3.05) is 39.3 Å². The topological polar surface area (TPSA) is 41.6 Å². The Balaban J connectivity index is 3.74. The highest BCUT2D eigenvalue weighted by atomic mass is 32.2. The van der Waals surface area contributed by atoms with Crippen LogP contribution in [0.3, 0.4) is 0 Å². The van der Waals surface area contributed by atoms with E-state index in [-0.39, 0.29) is 12.1 Å². The Morgan fingerprint density at radius 2 is 2.29 bits per heavy atom. The number of carbonyl (C=O) groups excluding carboxylic acids is 1. The fraction of sp³-hybridized carbons (Fsp3) is 0.889. The summed E-state index contributed by atoms with van der Waals surface area (Å²) in [5, 5.41) is 2.78. The molecule has 0 aromatic carbocycles. The quantitative estimate of drug-likeness (QED) is 0.680. The molecule has 84 valence electrons. The summed E-state index contributed by atoms with van der Waals surface area (Å²) < 4.78 is 4.84. The van der Waals surface area contributed by atoms with E-state index in [4.69, 9.17) is 4.74 Å². The number of nitrogens with zero attached hydrogens (tertiary/aromatic N) is 1. The van der Waals surface area contributed by atoms with E-state index in [2.05, 4.69) is 5.32 Å². The zero-order valence-corrected chi connectivity index (χ0v) is 10.2. The highest BCUT2D eigenvalue weighted by Gasteiger charge is 2.13. The fourth-order valence-corrected chi connectivity index (χ4v) is 1.64. The van der Waals surface area contributed by atoms with Crippen LogP contribution in [-0.4, -0.2) is 56.3 Å². The Hall–Kier alpha value is -0.420. The highest BCUT2D eigenvalue weighted by Crippen LogP contribution is 2.03. The lowest BCUT2D eigenvalue weighted by molar-refractivity contribution is 0.180. The Kier molecular flexibility index (Phi) is 7.70. The third kappa shape index (κ3) is 5.34. The van der Waals surface area contributed by atoms with Crippen LogP contribution < -0.4 is 5.32 Å². The molecule has 5 heteroatoms. The number of ether oxygens (including phenoxy) is 1. The molecule has 1 atom stereocenters. The largest absolute Gasteiger partial charge is 0.383 e. The van der Waals surface area contributed by atoms with Crippen molar-refractivity contribution in [1.82, 2.24) is 10.2 Å². The van der Waals surface area contributed by atoms with E-state index in [0.29, 0.717) is 13.2 Å². The molecule has 4 nitrogen and oxygen atoms in total. The normalized spacial score (nSPS) is 12.3. The first-order valence-corrected chi connectivity index (χ1v) is 6.01. The number of rotatable bonds is 6. The molecule has 0 radical (unpaired) electrons. The van der Waals surface area contributed by atoms with Crippen LogP contribution in [0, 0.1) is 0 Å². The predicted octanol–water partition coefficient (Wildman–Crippen LogP) is 1.03. The molecule has 0 aliphatic rings. The molecule has 1 N–H and O–H groups in total. The Bertz CT molecular complexity index is 167. The number of thioether (sulfide) groups is 1. The molecule has 14 heavy (non-hydrogen) atoms. The third-order valence-corrected chi connectivity index (χ3v) is 2.79. The third-order valence-electron chi connectivity index (χ3n) is 1.97. The van der Waals surface area contributed by atoms with Crippen LogP contribution in [0.4, 0.5) is 4.79 Å². The van der Waals surface area contributed by atoms with Gasteiger partial charge in [0.05, 0.1) is 6.61 Å². The molecule has 0 aliphatic heterocycles. The predicted molar refractivity (Wildman–Crippen MR) is 60.9 cm³/mol. The molecule has 2 amide bonds. The first-order valence-electron chi connectivity index (χ1n) is 4.62. The Morgan fingerprint density at radius 1 is 1.64 bits per heavy atom. The molecule has 0 unspecified atom stereocenters. The maximum Gasteiger partial charge on any atom is 0.317 e. The van der Waals surface area contributed by atoms with Crippen molar-refractivity contribution in [2.24, 2.45) is 0 Å². The lowest BCUT2D eigenvalue weighted by atomic mass is 10.3. The monoisotopic (exact) mass is 220 g/mol. The summed E-state index contributed by atoms with van der Waals surface area (Å²) in [5.74, 6) is 0.953. The zero-order valence-electron chi connectivity index (χ0n) is 9.37. The first-order chi connectivity index (χ1) is 6.63. The van der Waals surface area contributed by atoms with Gasteiger partial charge in [-0.05, 0) is 13.2 Å². The first kappa shape index (κ1) is 13.6. The molecule has 0 heterocycles. The lowest BCUT2D eigenvalue weighted by Gasteiger charge is -2.24. The van der Waals surface area contributed by atoms with Crippen molar-refractivity contribution in [3.8, 4) is 0 Å². The molecule has 0 saturated carbocycles. The van der Waals surface area contributed by atoms with Gasteiger partial charge in [0.15, 0.2) is 0 Å². The fourth-order valence-electron chi connectivity index (χ4n) is 0.938. The standard InChI is InChI=1S/C9H20N2O2S/c1-8(7-14-4)11(2)9(12)10-5-6-13-3/h8H,5-7H2,1-4H3,(H,10,12)/t8-/m0/s1. The molecule has 0 aromatic heterocycles. The zero-order chi connectivity index (χ0) is 11.0. The van der Waals surface area contributed by atoms with Gasteiger partial charge in [-0.1, -0.05) is 0 Å². The summed E-state index contributed by atoms with van der Waals surface area (Å²) in [5.41, 5.74) is 0. The van der Waals surface area contributed by atoms with Crippen molar-refractivity contribution in [2.45, 2.75) is 13.0 Å². The van der Waals surface area contributed by atoms with E-state index >= 15 is 0 Å². The van der Waals surface area contributed by atoms with Crippen LogP contribution >= 0.6 is 11.8 Å². The molecule has 0 saturated heterocycles. The van der Waals surface area contributed by atoms with Gasteiger partial charge in [0.2, 0.25) is 0 Å². The van der Waals surface area contributed by atoms with Gasteiger partial charge in [0.1, 0.15) is 0 Å². The summed E-state index contributed by atoms with van der Waals surface area (Å²) in [6.07, 6.45) is 2.03. The van der Waals surface area contributed by atoms with E-state index < -0.39 is 0 Å². The van der Waals surface area contributed by atoms with Gasteiger partial charge < -0.3 is 15.0 Å². The van der Waals surface area contributed by atoms with Crippen molar-refractivity contribution in [1.29, 1.82) is 0 Å². The Morgan fingerprint density at radius 3 is 2.79 bits per heavy atom. The van der Waals surface area contributed by atoms with E-state index in [0.717, 1.165) is 5.75 Å². The molecule has 0 aliphatic carbocycles. The van der Waals surface area contributed by atoms with Crippen molar-refractivity contribution in [3.05, 3.63) is 0 Å². The van der Waals surface area contributed by atoms with E-state index in [1.165, 1.54) is 0 Å². The minimum Gasteiger partial charge on any atom is -0.383 e. The summed E-state index contributed by atoms with van der Waals surface area (Å²) in [4.78, 5) is 13.2. The second-order valence-electron chi connectivity index (χ2n) is 3.14. The van der Waals surface area contributed by atoms with Crippen molar-refractivity contribution in [3.63, 3.8) is 0 Å². The molecular formula is C9H20N2O2S. The molecule has 0 rings (SSSR count). The van der Waals surface area contributed by atoms with Gasteiger partial charge in [0, 0.05) is 32.5 Å². The van der Waals surface area contributed by atoms with E-state index in [9.17, 15) is 4.79 Å². The van der Waals surface area contributed by atoms with Crippen LogP contribution in [0.25, 0.3) is 0 Å². The van der Waals surface area contributed by atoms with Crippen molar-refractivity contribution < 1.29 is 9.53 Å². The average molecular weight is 220 g/mol. The smallest absolute Gasteiger partial charge is 0.317 e. The van der Waals surface area contributed by atoms with Gasteiger partial charge in [-0.15, -0.1) is 0 Å². The maximum atomic E-state index is 11.5. The molecule has 0 fully saturated rings. The summed E-state index contributed by atoms with van der Waals surface area (Å²) in [6.45, 7) is 3.15. The van der Waals surface area contributed by atoms with Crippen LogP contribution in [0.1, 0.15) is 6.92 Å². The summed E-state index contributed by atoms with van der Waals surface area (Å²) in [6, 6.07) is 0.219. The SMILES string of the molecule is COCCNC(=O)N(C)[C@@H](C)CSC. The van der Waals surface area contributed by atoms with Gasteiger partial charge in [-0.2, -0.15) is 11.8 Å². The van der Waals surface area contributed by atoms with Gasteiger partial charge in [0.25, 0.3) is 0 Å². The van der Waals surface area contributed by atoms with Crippen LogP contribution in [0.2, 0.25) is 0 Å². The van der Waals surface area contributed by atoms with Gasteiger partial charge in [-0.3, -0.25) is 0 Å². The number of carbonyl (C=O) groups is 1. The maximum absolute atomic E-state index is 11.5. The molecular weight excluding hydrogens is 200 g/mol. The molecule has 0 spiro atoms. The van der Waals surface area contributed by atoms with Crippen molar-refractivity contribution >= 4 is 17.8 Å². The second kappa shape index (κ2) is 7.94. The van der Waals surface area contributed by atoms with Gasteiger partial charge >= 0.3 is 6.03 Å².